The summed E-state index contributed by atoms with van der Waals surface area (Å²) in [5, 5.41) is 8.25. The number of pyridine rings is 1. The second-order valence-electron chi connectivity index (χ2n) is 12.7. The first-order valence-electron chi connectivity index (χ1n) is 17.1. The van der Waals surface area contributed by atoms with Crippen molar-refractivity contribution in [3.05, 3.63) is 188 Å². The molecule has 0 fully saturated rings. The van der Waals surface area contributed by atoms with Crippen LogP contribution in [-0.4, -0.2) is 19.9 Å². The lowest BCUT2D eigenvalue weighted by Gasteiger charge is -2.13. The summed E-state index contributed by atoms with van der Waals surface area (Å²) < 4.78 is 0. The van der Waals surface area contributed by atoms with Gasteiger partial charge in [-0.15, -0.1) is 0 Å². The molecule has 0 saturated heterocycles. The van der Waals surface area contributed by atoms with Crippen LogP contribution in [0.25, 0.3) is 82.8 Å². The molecule has 1 aliphatic carbocycles. The highest BCUT2D eigenvalue weighted by molar-refractivity contribution is 6.22. The molecule has 9 rings (SSSR count). The molecule has 240 valence electrons. The Morgan fingerprint density at radius 1 is 0.471 bits per heavy atom. The highest BCUT2D eigenvalue weighted by Crippen LogP contribution is 2.37. The van der Waals surface area contributed by atoms with Gasteiger partial charge in [0.15, 0.2) is 17.5 Å². The van der Waals surface area contributed by atoms with Gasteiger partial charge < -0.3 is 0 Å². The SMILES string of the molecule is C=C1C=C/C(c2nc(-c3ccc(-c4nc5ccccc5c5c4ccc4ccccc45)cc3)nc(-c3ccc4ccccc4c3)n2)=C\C/C=C\C=C/1. The Bertz CT molecular complexity index is 2770. The summed E-state index contributed by atoms with van der Waals surface area (Å²) in [6.45, 7) is 4.17. The summed E-state index contributed by atoms with van der Waals surface area (Å²) in [5.74, 6) is 1.85. The minimum absolute atomic E-state index is 0.609. The minimum Gasteiger partial charge on any atom is -0.247 e. The Labute approximate surface area is 296 Å². The molecular formula is C47H32N4. The first-order chi connectivity index (χ1) is 25.2. The first kappa shape index (κ1) is 30.3. The van der Waals surface area contributed by atoms with E-state index >= 15 is 0 Å². The topological polar surface area (TPSA) is 51.6 Å². The van der Waals surface area contributed by atoms with Crippen LogP contribution in [-0.2, 0) is 0 Å². The summed E-state index contributed by atoms with van der Waals surface area (Å²) in [6.07, 6.45) is 15.1. The van der Waals surface area contributed by atoms with E-state index in [1.165, 1.54) is 21.5 Å². The molecule has 0 N–H and O–H groups in total. The van der Waals surface area contributed by atoms with Gasteiger partial charge in [-0.05, 0) is 45.7 Å². The monoisotopic (exact) mass is 652 g/mol. The molecule has 2 aromatic heterocycles. The van der Waals surface area contributed by atoms with E-state index in [0.29, 0.717) is 17.5 Å². The highest BCUT2D eigenvalue weighted by atomic mass is 15.0. The Balaban J connectivity index is 1.19. The van der Waals surface area contributed by atoms with E-state index in [9.17, 15) is 0 Å². The average Bonchev–Trinajstić information content (AvgIpc) is 3.19. The summed E-state index contributed by atoms with van der Waals surface area (Å²) >= 11 is 0. The van der Waals surface area contributed by atoms with Gasteiger partial charge in [0, 0.05) is 38.4 Å². The molecule has 0 radical (unpaired) electrons. The fraction of sp³-hybridized carbons (Fsp3) is 0.0213. The molecule has 2 heterocycles. The van der Waals surface area contributed by atoms with Crippen LogP contribution in [0.5, 0.6) is 0 Å². The van der Waals surface area contributed by atoms with Crippen LogP contribution in [0.2, 0.25) is 0 Å². The standard InChI is InChI=1S/C47H32N4/c1-31-12-4-2-3-5-15-35(21-20-31)45-49-46(51-47(50-45)38-27-22-32-13-6-7-16-37(32)30-38)36-25-23-34(24-26-36)44-41-29-28-33-14-8-9-17-39(33)43(41)40-18-10-11-19-42(40)48-44/h2-4,6-30H,1,5H2/b3-2-,12-4-,21-20?,35-15+. The predicted octanol–water partition coefficient (Wildman–Crippen LogP) is 11.9. The van der Waals surface area contributed by atoms with Crippen molar-refractivity contribution in [3.8, 4) is 34.0 Å². The van der Waals surface area contributed by atoms with E-state index in [0.717, 1.165) is 61.6 Å². The second-order valence-corrected chi connectivity index (χ2v) is 12.7. The van der Waals surface area contributed by atoms with Crippen molar-refractivity contribution in [2.75, 3.05) is 0 Å². The predicted molar refractivity (Wildman–Crippen MR) is 213 cm³/mol. The Morgan fingerprint density at radius 2 is 1.14 bits per heavy atom. The van der Waals surface area contributed by atoms with Crippen molar-refractivity contribution >= 4 is 48.8 Å². The molecule has 4 nitrogen and oxygen atoms in total. The Hall–Kier alpha value is -6.78. The summed E-state index contributed by atoms with van der Waals surface area (Å²) in [5.41, 5.74) is 6.61. The molecule has 0 unspecified atom stereocenters. The van der Waals surface area contributed by atoms with Crippen LogP contribution in [0.3, 0.4) is 0 Å². The number of hydrogen-bond acceptors (Lipinski definition) is 4. The molecule has 0 atom stereocenters. The lowest BCUT2D eigenvalue weighted by Crippen LogP contribution is -2.02. The maximum Gasteiger partial charge on any atom is 0.164 e. The maximum atomic E-state index is 5.20. The summed E-state index contributed by atoms with van der Waals surface area (Å²) in [7, 11) is 0. The van der Waals surface area contributed by atoms with Crippen molar-refractivity contribution in [3.63, 3.8) is 0 Å². The van der Waals surface area contributed by atoms with Crippen molar-refractivity contribution in [2.45, 2.75) is 6.42 Å². The van der Waals surface area contributed by atoms with Crippen molar-refractivity contribution in [1.82, 2.24) is 19.9 Å². The van der Waals surface area contributed by atoms with Crippen molar-refractivity contribution in [2.24, 2.45) is 0 Å². The minimum atomic E-state index is 0.609. The van der Waals surface area contributed by atoms with E-state index in [1.54, 1.807) is 0 Å². The van der Waals surface area contributed by atoms with E-state index in [1.807, 2.05) is 30.4 Å². The molecule has 0 saturated carbocycles. The van der Waals surface area contributed by atoms with Crippen LogP contribution < -0.4 is 0 Å². The molecule has 4 heteroatoms. The maximum absolute atomic E-state index is 5.20. The molecule has 0 spiro atoms. The zero-order valence-corrected chi connectivity index (χ0v) is 27.9. The zero-order chi connectivity index (χ0) is 34.1. The molecule has 0 aliphatic heterocycles. The summed E-state index contributed by atoms with van der Waals surface area (Å²) in [6, 6.07) is 44.5. The number of benzene rings is 6. The van der Waals surface area contributed by atoms with Crippen LogP contribution >= 0.6 is 0 Å². The van der Waals surface area contributed by atoms with E-state index in [4.69, 9.17) is 19.9 Å². The smallest absolute Gasteiger partial charge is 0.164 e. The summed E-state index contributed by atoms with van der Waals surface area (Å²) in [4.78, 5) is 20.4. The number of allylic oxidation sites excluding steroid dienone is 9. The van der Waals surface area contributed by atoms with Gasteiger partial charge in [-0.2, -0.15) is 0 Å². The van der Waals surface area contributed by atoms with Gasteiger partial charge in [-0.3, -0.25) is 0 Å². The number of hydrogen-bond donors (Lipinski definition) is 0. The molecule has 1 aliphatic rings. The van der Waals surface area contributed by atoms with Gasteiger partial charge in [0.25, 0.3) is 0 Å². The zero-order valence-electron chi connectivity index (χ0n) is 27.9. The molecule has 51 heavy (non-hydrogen) atoms. The third-order valence-corrected chi connectivity index (χ3v) is 9.42. The third kappa shape index (κ3) is 5.83. The number of fused-ring (bicyclic) bond motifs is 6. The highest BCUT2D eigenvalue weighted by Gasteiger charge is 2.16. The number of para-hydroxylation sites is 1. The largest absolute Gasteiger partial charge is 0.247 e. The van der Waals surface area contributed by atoms with Crippen molar-refractivity contribution in [1.29, 1.82) is 0 Å². The quantitative estimate of drug-likeness (QED) is 0.178. The van der Waals surface area contributed by atoms with Gasteiger partial charge in [-0.1, -0.05) is 164 Å². The van der Waals surface area contributed by atoms with E-state index < -0.39 is 0 Å². The fourth-order valence-electron chi connectivity index (χ4n) is 6.83. The van der Waals surface area contributed by atoms with Gasteiger partial charge in [-0.25, -0.2) is 19.9 Å². The van der Waals surface area contributed by atoms with Gasteiger partial charge in [0.1, 0.15) is 0 Å². The third-order valence-electron chi connectivity index (χ3n) is 9.42. The van der Waals surface area contributed by atoms with Crippen molar-refractivity contribution < 1.29 is 0 Å². The average molecular weight is 653 g/mol. The van der Waals surface area contributed by atoms with Gasteiger partial charge in [0.05, 0.1) is 11.2 Å². The lowest BCUT2D eigenvalue weighted by molar-refractivity contribution is 1.04. The Kier molecular flexibility index (Phi) is 7.67. The van der Waals surface area contributed by atoms with Crippen LogP contribution in [0.4, 0.5) is 0 Å². The van der Waals surface area contributed by atoms with E-state index in [2.05, 4.69) is 146 Å². The van der Waals surface area contributed by atoms with E-state index in [-0.39, 0.29) is 0 Å². The first-order valence-corrected chi connectivity index (χ1v) is 17.1. The number of aromatic nitrogens is 4. The number of nitrogens with zero attached hydrogens (tertiary/aromatic N) is 4. The lowest BCUT2D eigenvalue weighted by atomic mass is 9.95. The molecular weight excluding hydrogens is 621 g/mol. The molecule has 0 amide bonds. The van der Waals surface area contributed by atoms with Gasteiger partial charge >= 0.3 is 0 Å². The van der Waals surface area contributed by atoms with Crippen LogP contribution in [0, 0.1) is 0 Å². The second kappa shape index (κ2) is 12.9. The molecule has 6 aromatic carbocycles. The van der Waals surface area contributed by atoms with Gasteiger partial charge in [0.2, 0.25) is 0 Å². The van der Waals surface area contributed by atoms with Crippen LogP contribution in [0.1, 0.15) is 12.2 Å². The molecule has 8 aromatic rings. The molecule has 0 bridgehead atoms. The Morgan fingerprint density at radius 3 is 2.00 bits per heavy atom. The fourth-order valence-corrected chi connectivity index (χ4v) is 6.83. The van der Waals surface area contributed by atoms with Crippen LogP contribution in [0.15, 0.2) is 182 Å². The normalized spacial score (nSPS) is 15.6. The number of rotatable bonds is 4.